The third kappa shape index (κ3) is 4.16. The lowest BCUT2D eigenvalue weighted by Crippen LogP contribution is -2.45. The molecule has 2 atom stereocenters. The molecule has 5 rings (SSSR count). The number of nitrogens with one attached hydrogen (secondary N) is 1. The largest absolute Gasteiger partial charge is 0.493 e. The summed E-state index contributed by atoms with van der Waals surface area (Å²) in [4.78, 5) is 10.7. The number of pyridine rings is 1. The van der Waals surface area contributed by atoms with Crippen molar-refractivity contribution in [2.75, 3.05) is 20.8 Å². The number of methoxy groups -OCH3 is 2. The van der Waals surface area contributed by atoms with E-state index in [-0.39, 0.29) is 0 Å². The van der Waals surface area contributed by atoms with Crippen molar-refractivity contribution in [1.29, 1.82) is 0 Å². The topological polar surface area (TPSA) is 55.3 Å². The summed E-state index contributed by atoms with van der Waals surface area (Å²) in [6.07, 6.45) is 10.0. The van der Waals surface area contributed by atoms with Gasteiger partial charge in [0.05, 0.1) is 19.7 Å². The molecule has 34 heavy (non-hydrogen) atoms. The molecule has 6 nitrogen and oxygen atoms in total. The van der Waals surface area contributed by atoms with Gasteiger partial charge in [-0.05, 0) is 63.4 Å². The first-order valence-corrected chi connectivity index (χ1v) is 12.4. The van der Waals surface area contributed by atoms with Gasteiger partial charge in [0.2, 0.25) is 0 Å². The third-order valence-electron chi connectivity index (χ3n) is 7.43. The summed E-state index contributed by atoms with van der Waals surface area (Å²) in [5, 5.41) is 2.25. The van der Waals surface area contributed by atoms with Crippen LogP contribution in [0.15, 0.2) is 42.7 Å². The number of rotatable bonds is 8. The number of hydrogen-bond acceptors (Lipinski definition) is 4. The third-order valence-corrected chi connectivity index (χ3v) is 7.43. The van der Waals surface area contributed by atoms with Crippen molar-refractivity contribution in [2.24, 2.45) is 0 Å². The number of H-pyrrole nitrogens is 1. The zero-order valence-electron chi connectivity index (χ0n) is 20.5. The monoisotopic (exact) mass is 459 g/mol. The number of ether oxygens (including phenoxy) is 2. The fraction of sp³-hybridized carbons (Fsp3) is 0.429. The smallest absolute Gasteiger partial charge is 0.162 e. The fourth-order valence-corrected chi connectivity index (χ4v) is 5.55. The van der Waals surface area contributed by atoms with Gasteiger partial charge < -0.3 is 19.0 Å². The van der Waals surface area contributed by atoms with Crippen LogP contribution in [-0.2, 0) is 6.54 Å². The van der Waals surface area contributed by atoms with E-state index in [1.807, 2.05) is 12.3 Å². The second kappa shape index (κ2) is 9.71. The van der Waals surface area contributed by atoms with Crippen molar-refractivity contribution in [3.8, 4) is 22.8 Å². The van der Waals surface area contributed by atoms with Crippen LogP contribution in [-0.4, -0.2) is 52.3 Å². The van der Waals surface area contributed by atoms with E-state index in [0.717, 1.165) is 64.1 Å². The first kappa shape index (κ1) is 22.8. The first-order chi connectivity index (χ1) is 16.6. The van der Waals surface area contributed by atoms with Crippen LogP contribution in [0.5, 0.6) is 11.5 Å². The number of benzene rings is 1. The van der Waals surface area contributed by atoms with Crippen LogP contribution in [0.2, 0.25) is 0 Å². The number of nitrogens with zero attached hydrogens (tertiary/aromatic N) is 3. The minimum atomic E-state index is 0.494. The maximum absolute atomic E-state index is 5.64. The highest BCUT2D eigenvalue weighted by molar-refractivity contribution is 5.99. The summed E-state index contributed by atoms with van der Waals surface area (Å²) in [6.45, 7) is 8.78. The van der Waals surface area contributed by atoms with Gasteiger partial charge in [-0.2, -0.15) is 0 Å². The van der Waals surface area contributed by atoms with Crippen molar-refractivity contribution >= 4 is 21.9 Å². The number of piperidine rings is 1. The summed E-state index contributed by atoms with van der Waals surface area (Å²) in [7, 11) is 3.38. The molecule has 0 aliphatic carbocycles. The predicted molar refractivity (Wildman–Crippen MR) is 139 cm³/mol. The Bertz CT molecular complexity index is 1240. The Kier molecular flexibility index (Phi) is 6.50. The quantitative estimate of drug-likeness (QED) is 0.348. The van der Waals surface area contributed by atoms with Gasteiger partial charge in [0.15, 0.2) is 11.5 Å². The second-order valence-electron chi connectivity index (χ2n) is 9.40. The molecule has 1 aliphatic rings. The zero-order valence-corrected chi connectivity index (χ0v) is 20.5. The Morgan fingerprint density at radius 2 is 2.00 bits per heavy atom. The Hall–Kier alpha value is -2.99. The maximum atomic E-state index is 5.64. The number of likely N-dealkylation sites (tertiary alicyclic amines) is 1. The van der Waals surface area contributed by atoms with Gasteiger partial charge in [0.1, 0.15) is 5.65 Å². The molecule has 1 radical (unpaired) electrons. The average Bonchev–Trinajstić information content (AvgIpc) is 3.45. The standard InChI is InChI=1S/C28H35N4O2/c1-5-21(32-13-7-6-9-19(32)2)11-14-31-18-23(24-15-20-10-8-12-29-28(20)30-24)22-16-26(33-3)27(34-4)17-25(22)31/h8,10,12,15-19,21H,1,5-7,9,11,13-14H2,2-4H3,(H,29,30). The lowest BCUT2D eigenvalue weighted by molar-refractivity contribution is 0.0977. The summed E-state index contributed by atoms with van der Waals surface area (Å²) in [5.41, 5.74) is 4.25. The average molecular weight is 460 g/mol. The van der Waals surface area contributed by atoms with E-state index >= 15 is 0 Å². The molecule has 1 aromatic carbocycles. The zero-order chi connectivity index (χ0) is 23.7. The summed E-state index contributed by atoms with van der Waals surface area (Å²) in [6, 6.07) is 11.5. The molecule has 4 aromatic rings. The number of fused-ring (bicyclic) bond motifs is 2. The summed E-state index contributed by atoms with van der Waals surface area (Å²) in [5.74, 6) is 1.48. The van der Waals surface area contributed by atoms with Crippen LogP contribution in [0, 0.1) is 6.92 Å². The van der Waals surface area contributed by atoms with E-state index in [0.29, 0.717) is 12.1 Å². The summed E-state index contributed by atoms with van der Waals surface area (Å²) < 4.78 is 13.6. The molecular formula is C28H35N4O2. The number of aryl methyl sites for hydroxylation is 1. The van der Waals surface area contributed by atoms with Crippen molar-refractivity contribution in [2.45, 2.75) is 57.7 Å². The Labute approximate surface area is 201 Å². The molecule has 0 bridgehead atoms. The van der Waals surface area contributed by atoms with Crippen LogP contribution < -0.4 is 9.47 Å². The van der Waals surface area contributed by atoms with Crippen LogP contribution in [0.1, 0.15) is 39.0 Å². The minimum Gasteiger partial charge on any atom is -0.493 e. The van der Waals surface area contributed by atoms with Crippen LogP contribution in [0.3, 0.4) is 0 Å². The van der Waals surface area contributed by atoms with Gasteiger partial charge in [-0.25, -0.2) is 4.98 Å². The molecule has 1 N–H and O–H groups in total. The van der Waals surface area contributed by atoms with Crippen molar-refractivity contribution < 1.29 is 9.47 Å². The second-order valence-corrected chi connectivity index (χ2v) is 9.40. The molecule has 1 fully saturated rings. The molecule has 0 amide bonds. The van der Waals surface area contributed by atoms with Gasteiger partial charge >= 0.3 is 0 Å². The van der Waals surface area contributed by atoms with Crippen molar-refractivity contribution in [3.05, 3.63) is 49.6 Å². The SMILES string of the molecule is [CH2]CC(CCn1cc(-c2cc3cccnc3[nH]2)c2cc(OC)c(OC)cc21)N1CCCCC1C. The Balaban J connectivity index is 1.54. The van der Waals surface area contributed by atoms with E-state index in [1.165, 1.54) is 25.8 Å². The highest BCUT2D eigenvalue weighted by Gasteiger charge is 2.25. The van der Waals surface area contributed by atoms with Gasteiger partial charge in [-0.15, -0.1) is 0 Å². The van der Waals surface area contributed by atoms with E-state index in [2.05, 4.69) is 63.7 Å². The highest BCUT2D eigenvalue weighted by atomic mass is 16.5. The van der Waals surface area contributed by atoms with Gasteiger partial charge in [-0.3, -0.25) is 4.90 Å². The lowest BCUT2D eigenvalue weighted by atomic mass is 9.98. The maximum Gasteiger partial charge on any atom is 0.162 e. The van der Waals surface area contributed by atoms with Crippen LogP contribution in [0.25, 0.3) is 33.2 Å². The molecule has 0 spiro atoms. The number of aromatic nitrogens is 3. The minimum absolute atomic E-state index is 0.494. The van der Waals surface area contributed by atoms with Gasteiger partial charge in [0.25, 0.3) is 0 Å². The highest BCUT2D eigenvalue weighted by Crippen LogP contribution is 2.39. The molecule has 1 saturated heterocycles. The van der Waals surface area contributed by atoms with Crippen molar-refractivity contribution in [1.82, 2.24) is 19.4 Å². The van der Waals surface area contributed by atoms with Crippen molar-refractivity contribution in [3.63, 3.8) is 0 Å². The molecule has 179 valence electrons. The van der Waals surface area contributed by atoms with Gasteiger partial charge in [0, 0.05) is 59.1 Å². The first-order valence-electron chi connectivity index (χ1n) is 12.4. The fourth-order valence-electron chi connectivity index (χ4n) is 5.55. The predicted octanol–water partition coefficient (Wildman–Crippen LogP) is 6.06. The molecule has 6 heteroatoms. The van der Waals surface area contributed by atoms with E-state index in [4.69, 9.17) is 9.47 Å². The van der Waals surface area contributed by atoms with E-state index in [1.54, 1.807) is 14.2 Å². The molecule has 1 aliphatic heterocycles. The number of hydrogen-bond donors (Lipinski definition) is 1. The lowest BCUT2D eigenvalue weighted by Gasteiger charge is -2.39. The molecular weight excluding hydrogens is 424 g/mol. The molecule has 0 saturated carbocycles. The summed E-state index contributed by atoms with van der Waals surface area (Å²) >= 11 is 0. The number of aromatic amines is 1. The Morgan fingerprint density at radius 3 is 2.74 bits per heavy atom. The van der Waals surface area contributed by atoms with E-state index < -0.39 is 0 Å². The van der Waals surface area contributed by atoms with Crippen LogP contribution >= 0.6 is 0 Å². The molecule has 3 aromatic heterocycles. The molecule has 2 unspecified atom stereocenters. The normalized spacial score (nSPS) is 17.9. The van der Waals surface area contributed by atoms with Crippen LogP contribution in [0.4, 0.5) is 0 Å². The van der Waals surface area contributed by atoms with E-state index in [9.17, 15) is 0 Å². The van der Waals surface area contributed by atoms with Gasteiger partial charge in [-0.1, -0.05) is 13.3 Å². The Morgan fingerprint density at radius 1 is 1.18 bits per heavy atom. The molecule has 4 heterocycles.